The van der Waals surface area contributed by atoms with Crippen molar-refractivity contribution in [1.29, 1.82) is 0 Å². The molecule has 1 N–H and O–H groups in total. The Morgan fingerprint density at radius 1 is 1.00 bits per heavy atom. The normalized spacial score (nSPS) is 12.9. The van der Waals surface area contributed by atoms with E-state index in [0.717, 1.165) is 30.6 Å². The number of nitrogens with zero attached hydrogens (tertiary/aromatic N) is 1. The van der Waals surface area contributed by atoms with Crippen molar-refractivity contribution in [1.82, 2.24) is 10.2 Å². The summed E-state index contributed by atoms with van der Waals surface area (Å²) in [6, 6.07) is 6.58. The van der Waals surface area contributed by atoms with Gasteiger partial charge in [-0.25, -0.2) is 0 Å². The summed E-state index contributed by atoms with van der Waals surface area (Å²) >= 11 is 0. The molecular formula is C20H26N2O5. The zero-order valence-electron chi connectivity index (χ0n) is 15.7. The molecule has 0 radical (unpaired) electrons. The van der Waals surface area contributed by atoms with Gasteiger partial charge in [0.1, 0.15) is 6.61 Å². The number of carbonyl (C=O) groups is 4. The van der Waals surface area contributed by atoms with Gasteiger partial charge >= 0.3 is 5.97 Å². The molecule has 1 heterocycles. The second kappa shape index (κ2) is 10.4. The summed E-state index contributed by atoms with van der Waals surface area (Å²) in [4.78, 5) is 48.8. The Morgan fingerprint density at radius 2 is 1.67 bits per heavy atom. The quantitative estimate of drug-likeness (QED) is 0.364. The van der Waals surface area contributed by atoms with E-state index in [-0.39, 0.29) is 32.0 Å². The highest BCUT2D eigenvalue weighted by molar-refractivity contribution is 6.21. The average molecular weight is 374 g/mol. The Labute approximate surface area is 159 Å². The number of hydrogen-bond donors (Lipinski definition) is 1. The van der Waals surface area contributed by atoms with E-state index in [1.54, 1.807) is 24.3 Å². The third kappa shape index (κ3) is 5.91. The maximum absolute atomic E-state index is 12.2. The van der Waals surface area contributed by atoms with E-state index in [9.17, 15) is 19.2 Å². The number of hydrogen-bond acceptors (Lipinski definition) is 5. The Balaban J connectivity index is 1.61. The molecule has 27 heavy (non-hydrogen) atoms. The molecule has 3 amide bonds. The van der Waals surface area contributed by atoms with Crippen molar-refractivity contribution >= 4 is 23.7 Å². The highest BCUT2D eigenvalue weighted by Gasteiger charge is 2.35. The van der Waals surface area contributed by atoms with Crippen molar-refractivity contribution in [2.45, 2.75) is 45.4 Å². The van der Waals surface area contributed by atoms with Gasteiger partial charge in [-0.15, -0.1) is 0 Å². The number of nitrogens with one attached hydrogen (secondary N) is 1. The molecule has 0 fully saturated rings. The Morgan fingerprint density at radius 3 is 2.30 bits per heavy atom. The van der Waals surface area contributed by atoms with E-state index in [4.69, 9.17) is 4.74 Å². The summed E-state index contributed by atoms with van der Waals surface area (Å²) in [7, 11) is 0. The fourth-order valence-corrected chi connectivity index (χ4v) is 2.87. The first kappa shape index (κ1) is 20.6. The second-order valence-corrected chi connectivity index (χ2v) is 6.44. The van der Waals surface area contributed by atoms with Crippen LogP contribution >= 0.6 is 0 Å². The van der Waals surface area contributed by atoms with Crippen molar-refractivity contribution in [2.24, 2.45) is 0 Å². The summed E-state index contributed by atoms with van der Waals surface area (Å²) in [6.45, 7) is 2.42. The first-order valence-electron chi connectivity index (χ1n) is 9.42. The number of unbranched alkanes of at least 4 members (excludes halogenated alkanes) is 3. The lowest BCUT2D eigenvalue weighted by Crippen LogP contribution is -2.32. The van der Waals surface area contributed by atoms with Crippen LogP contribution in [0.4, 0.5) is 0 Å². The molecule has 1 aromatic rings. The summed E-state index contributed by atoms with van der Waals surface area (Å²) in [5.74, 6) is -1.34. The van der Waals surface area contributed by atoms with Crippen molar-refractivity contribution < 1.29 is 23.9 Å². The van der Waals surface area contributed by atoms with Gasteiger partial charge in [0.2, 0.25) is 5.91 Å². The van der Waals surface area contributed by atoms with Crippen molar-refractivity contribution in [2.75, 3.05) is 19.7 Å². The zero-order valence-corrected chi connectivity index (χ0v) is 15.7. The number of amides is 3. The lowest BCUT2D eigenvalue weighted by Gasteiger charge is -2.13. The van der Waals surface area contributed by atoms with Crippen LogP contribution in [0.3, 0.4) is 0 Å². The highest BCUT2D eigenvalue weighted by Crippen LogP contribution is 2.22. The molecule has 0 saturated heterocycles. The van der Waals surface area contributed by atoms with Gasteiger partial charge in [0, 0.05) is 13.0 Å². The zero-order chi connectivity index (χ0) is 19.6. The van der Waals surface area contributed by atoms with Crippen LogP contribution < -0.4 is 5.32 Å². The maximum atomic E-state index is 12.2. The molecule has 0 atom stereocenters. The number of benzene rings is 1. The molecule has 2 rings (SSSR count). The van der Waals surface area contributed by atoms with Crippen LogP contribution in [0, 0.1) is 0 Å². The molecular weight excluding hydrogens is 348 g/mol. The summed E-state index contributed by atoms with van der Waals surface area (Å²) in [5.41, 5.74) is 0.718. The smallest absolute Gasteiger partial charge is 0.307 e. The van der Waals surface area contributed by atoms with Crippen molar-refractivity contribution in [3.8, 4) is 0 Å². The standard InChI is InChI=1S/C20H26N2O5/c1-2-3-4-5-10-17(23)21-12-14-27-18(24)11-13-22-19(25)15-8-6-7-9-16(15)20(22)26/h6-9H,2-5,10-14H2,1H3,(H,21,23). The molecule has 7 heteroatoms. The number of ether oxygens (including phenoxy) is 1. The summed E-state index contributed by atoms with van der Waals surface area (Å²) < 4.78 is 5.04. The number of carbonyl (C=O) groups excluding carboxylic acids is 4. The second-order valence-electron chi connectivity index (χ2n) is 6.44. The SMILES string of the molecule is CCCCCCC(=O)NCCOC(=O)CCN1C(=O)c2ccccc2C1=O. The third-order valence-electron chi connectivity index (χ3n) is 4.36. The molecule has 0 spiro atoms. The monoisotopic (exact) mass is 374 g/mol. The lowest BCUT2D eigenvalue weighted by atomic mass is 10.1. The number of imide groups is 1. The number of fused-ring (bicyclic) bond motifs is 1. The van der Waals surface area contributed by atoms with Gasteiger partial charge in [-0.1, -0.05) is 38.3 Å². The fraction of sp³-hybridized carbons (Fsp3) is 0.500. The first-order valence-corrected chi connectivity index (χ1v) is 9.42. The average Bonchev–Trinajstić information content (AvgIpc) is 2.91. The van der Waals surface area contributed by atoms with E-state index < -0.39 is 17.8 Å². The molecule has 7 nitrogen and oxygen atoms in total. The maximum Gasteiger partial charge on any atom is 0.307 e. The predicted molar refractivity (Wildman–Crippen MR) is 99.2 cm³/mol. The van der Waals surface area contributed by atoms with Crippen molar-refractivity contribution in [3.05, 3.63) is 35.4 Å². The molecule has 0 aromatic heterocycles. The molecule has 1 aromatic carbocycles. The molecule has 1 aliphatic rings. The predicted octanol–water partition coefficient (Wildman–Crippen LogP) is 2.30. The summed E-state index contributed by atoms with van der Waals surface area (Å²) in [6.07, 6.45) is 4.55. The van der Waals surface area contributed by atoms with Gasteiger partial charge in [0.05, 0.1) is 24.1 Å². The van der Waals surface area contributed by atoms with E-state index >= 15 is 0 Å². The van der Waals surface area contributed by atoms with E-state index in [1.807, 2.05) is 0 Å². The Kier molecular flexibility index (Phi) is 7.98. The summed E-state index contributed by atoms with van der Waals surface area (Å²) in [5, 5.41) is 2.70. The molecule has 0 aliphatic carbocycles. The van der Waals surface area contributed by atoms with Crippen LogP contribution in [0.1, 0.15) is 66.2 Å². The van der Waals surface area contributed by atoms with Gasteiger partial charge in [-0.3, -0.25) is 24.1 Å². The van der Waals surface area contributed by atoms with E-state index in [2.05, 4.69) is 12.2 Å². The van der Waals surface area contributed by atoms with Crippen LogP contribution in [0.25, 0.3) is 0 Å². The fourth-order valence-electron chi connectivity index (χ4n) is 2.87. The largest absolute Gasteiger partial charge is 0.464 e. The molecule has 0 saturated carbocycles. The van der Waals surface area contributed by atoms with Gasteiger partial charge in [0.15, 0.2) is 0 Å². The third-order valence-corrected chi connectivity index (χ3v) is 4.36. The van der Waals surface area contributed by atoms with Crippen LogP contribution in [0.5, 0.6) is 0 Å². The van der Waals surface area contributed by atoms with Crippen LogP contribution in [-0.4, -0.2) is 48.3 Å². The first-order chi connectivity index (χ1) is 13.0. The lowest BCUT2D eigenvalue weighted by molar-refractivity contribution is -0.144. The van der Waals surface area contributed by atoms with Crippen LogP contribution in [-0.2, 0) is 14.3 Å². The molecule has 1 aliphatic heterocycles. The molecule has 0 bridgehead atoms. The van der Waals surface area contributed by atoms with Gasteiger partial charge in [-0.2, -0.15) is 0 Å². The van der Waals surface area contributed by atoms with Crippen molar-refractivity contribution in [3.63, 3.8) is 0 Å². The number of rotatable bonds is 11. The van der Waals surface area contributed by atoms with Crippen LogP contribution in [0.15, 0.2) is 24.3 Å². The minimum absolute atomic E-state index is 0.0189. The van der Waals surface area contributed by atoms with Crippen LogP contribution in [0.2, 0.25) is 0 Å². The van der Waals surface area contributed by atoms with Gasteiger partial charge in [-0.05, 0) is 18.6 Å². The minimum atomic E-state index is -0.510. The van der Waals surface area contributed by atoms with E-state index in [0.29, 0.717) is 17.5 Å². The van der Waals surface area contributed by atoms with Gasteiger partial charge < -0.3 is 10.1 Å². The Bertz CT molecular complexity index is 666. The van der Waals surface area contributed by atoms with E-state index in [1.165, 1.54) is 0 Å². The highest BCUT2D eigenvalue weighted by atomic mass is 16.5. The minimum Gasteiger partial charge on any atom is -0.464 e. The topological polar surface area (TPSA) is 92.8 Å². The Hall–Kier alpha value is -2.70. The van der Waals surface area contributed by atoms with Gasteiger partial charge in [0.25, 0.3) is 11.8 Å². The molecule has 146 valence electrons. The number of esters is 1. The molecule has 0 unspecified atom stereocenters.